The average molecular weight is 272 g/mol. The van der Waals surface area contributed by atoms with Crippen LogP contribution in [0.2, 0.25) is 0 Å². The van der Waals surface area contributed by atoms with Crippen LogP contribution in [0.15, 0.2) is 0 Å². The fourth-order valence-electron chi connectivity index (χ4n) is 2.45. The third kappa shape index (κ3) is 5.92. The summed E-state index contributed by atoms with van der Waals surface area (Å²) < 4.78 is 0. The second-order valence-electron chi connectivity index (χ2n) is 6.50. The minimum Gasteiger partial charge on any atom is -0.481 e. The topological polar surface area (TPSA) is 98.7 Å². The molecule has 19 heavy (non-hydrogen) atoms. The standard InChI is InChI=1S/C13H24N2O4/c1-12(2)5-4-9(6-12)15-11(18)14-8-13(3,19)7-10(16)17/h9,19H,4-8H2,1-3H3,(H,16,17)(H2,14,15,18). The Morgan fingerprint density at radius 2 is 2.05 bits per heavy atom. The van der Waals surface area contributed by atoms with Crippen LogP contribution in [-0.2, 0) is 4.79 Å². The van der Waals surface area contributed by atoms with Crippen LogP contribution in [0.1, 0.15) is 46.5 Å². The first-order chi connectivity index (χ1) is 8.60. The molecule has 0 radical (unpaired) electrons. The lowest BCUT2D eigenvalue weighted by Crippen LogP contribution is -2.48. The van der Waals surface area contributed by atoms with Crippen molar-refractivity contribution in [1.82, 2.24) is 10.6 Å². The van der Waals surface area contributed by atoms with Crippen LogP contribution in [0.3, 0.4) is 0 Å². The molecule has 110 valence electrons. The van der Waals surface area contributed by atoms with E-state index in [2.05, 4.69) is 24.5 Å². The van der Waals surface area contributed by atoms with Crippen molar-refractivity contribution in [2.75, 3.05) is 6.54 Å². The van der Waals surface area contributed by atoms with Crippen molar-refractivity contribution >= 4 is 12.0 Å². The van der Waals surface area contributed by atoms with Gasteiger partial charge >= 0.3 is 12.0 Å². The molecular formula is C13H24N2O4. The highest BCUT2D eigenvalue weighted by molar-refractivity contribution is 5.74. The summed E-state index contributed by atoms with van der Waals surface area (Å²) in [4.78, 5) is 22.2. The zero-order valence-corrected chi connectivity index (χ0v) is 11.8. The summed E-state index contributed by atoms with van der Waals surface area (Å²) in [5, 5.41) is 23.7. The zero-order chi connectivity index (χ0) is 14.7. The number of carbonyl (C=O) groups is 2. The number of rotatable bonds is 5. The van der Waals surface area contributed by atoms with Crippen LogP contribution in [0, 0.1) is 5.41 Å². The van der Waals surface area contributed by atoms with Crippen molar-refractivity contribution in [3.8, 4) is 0 Å². The van der Waals surface area contributed by atoms with Gasteiger partial charge in [-0.2, -0.15) is 0 Å². The van der Waals surface area contributed by atoms with Crippen molar-refractivity contribution in [3.05, 3.63) is 0 Å². The van der Waals surface area contributed by atoms with Crippen molar-refractivity contribution in [2.24, 2.45) is 5.41 Å². The molecule has 0 saturated heterocycles. The number of hydrogen-bond donors (Lipinski definition) is 4. The van der Waals surface area contributed by atoms with Gasteiger partial charge in [-0.1, -0.05) is 13.8 Å². The summed E-state index contributed by atoms with van der Waals surface area (Å²) in [5.41, 5.74) is -1.18. The van der Waals surface area contributed by atoms with E-state index in [1.807, 2.05) is 0 Å². The third-order valence-electron chi connectivity index (χ3n) is 3.47. The van der Waals surface area contributed by atoms with Gasteiger partial charge in [0.1, 0.15) is 0 Å². The minimum atomic E-state index is -1.43. The summed E-state index contributed by atoms with van der Waals surface area (Å²) in [6.45, 7) is 5.65. The first-order valence-corrected chi connectivity index (χ1v) is 6.58. The number of aliphatic carboxylic acids is 1. The normalized spacial score (nSPS) is 24.5. The largest absolute Gasteiger partial charge is 0.481 e. The molecule has 2 amide bonds. The number of urea groups is 1. The number of nitrogens with one attached hydrogen (secondary N) is 2. The van der Waals surface area contributed by atoms with Gasteiger partial charge in [0.2, 0.25) is 0 Å². The second-order valence-corrected chi connectivity index (χ2v) is 6.50. The Kier molecular flexibility index (Phi) is 4.79. The van der Waals surface area contributed by atoms with Crippen LogP contribution in [0.25, 0.3) is 0 Å². The maximum absolute atomic E-state index is 11.7. The summed E-state index contributed by atoms with van der Waals surface area (Å²) in [6.07, 6.45) is 2.57. The van der Waals surface area contributed by atoms with E-state index in [0.29, 0.717) is 0 Å². The van der Waals surface area contributed by atoms with E-state index in [1.54, 1.807) is 0 Å². The predicted octanol–water partition coefficient (Wildman–Crippen LogP) is 1.09. The smallest absolute Gasteiger partial charge is 0.315 e. The molecule has 2 atom stereocenters. The number of amides is 2. The quantitative estimate of drug-likeness (QED) is 0.602. The Morgan fingerprint density at radius 1 is 1.42 bits per heavy atom. The van der Waals surface area contributed by atoms with Crippen LogP contribution >= 0.6 is 0 Å². The van der Waals surface area contributed by atoms with E-state index < -0.39 is 18.0 Å². The minimum absolute atomic E-state index is 0.0821. The maximum Gasteiger partial charge on any atom is 0.315 e. The molecule has 0 heterocycles. The molecule has 2 unspecified atom stereocenters. The fourth-order valence-corrected chi connectivity index (χ4v) is 2.45. The highest BCUT2D eigenvalue weighted by atomic mass is 16.4. The van der Waals surface area contributed by atoms with Gasteiger partial charge in [0.15, 0.2) is 0 Å². The van der Waals surface area contributed by atoms with Crippen molar-refractivity contribution in [3.63, 3.8) is 0 Å². The molecule has 6 nitrogen and oxygen atoms in total. The van der Waals surface area contributed by atoms with Gasteiger partial charge in [-0.15, -0.1) is 0 Å². The number of carboxylic acids is 1. The number of aliphatic hydroxyl groups is 1. The van der Waals surface area contributed by atoms with Crippen molar-refractivity contribution < 1.29 is 19.8 Å². The van der Waals surface area contributed by atoms with Crippen molar-refractivity contribution in [1.29, 1.82) is 0 Å². The van der Waals surface area contributed by atoms with Gasteiger partial charge < -0.3 is 20.8 Å². The molecule has 0 bridgehead atoms. The van der Waals surface area contributed by atoms with Gasteiger partial charge in [0.25, 0.3) is 0 Å². The molecule has 0 aromatic heterocycles. The lowest BCUT2D eigenvalue weighted by Gasteiger charge is -2.23. The fraction of sp³-hybridized carbons (Fsp3) is 0.846. The Bertz CT molecular complexity index is 353. The van der Waals surface area contributed by atoms with E-state index >= 15 is 0 Å². The van der Waals surface area contributed by atoms with E-state index in [9.17, 15) is 14.7 Å². The first-order valence-electron chi connectivity index (χ1n) is 6.58. The molecular weight excluding hydrogens is 248 g/mol. The molecule has 1 rings (SSSR count). The van der Waals surface area contributed by atoms with Crippen molar-refractivity contribution in [2.45, 2.75) is 58.1 Å². The lowest BCUT2D eigenvalue weighted by molar-refractivity contribution is -0.141. The van der Waals surface area contributed by atoms with E-state index in [0.717, 1.165) is 19.3 Å². The maximum atomic E-state index is 11.7. The Labute approximate surface area is 113 Å². The Morgan fingerprint density at radius 3 is 2.53 bits per heavy atom. The van der Waals surface area contributed by atoms with E-state index in [1.165, 1.54) is 6.92 Å². The Balaban J connectivity index is 2.30. The summed E-state index contributed by atoms with van der Waals surface area (Å²) in [6, 6.07) is -0.201. The predicted molar refractivity (Wildman–Crippen MR) is 70.8 cm³/mol. The number of carbonyl (C=O) groups excluding carboxylic acids is 1. The molecule has 0 spiro atoms. The SMILES string of the molecule is CC1(C)CCC(NC(=O)NCC(C)(O)CC(=O)O)C1. The second kappa shape index (κ2) is 5.77. The monoisotopic (exact) mass is 272 g/mol. The zero-order valence-electron chi connectivity index (χ0n) is 11.8. The van der Waals surface area contributed by atoms with E-state index in [-0.39, 0.29) is 24.0 Å². The molecule has 4 N–H and O–H groups in total. The number of carboxylic acid groups (broad SMARTS) is 1. The highest BCUT2D eigenvalue weighted by Gasteiger charge is 2.32. The summed E-state index contributed by atoms with van der Waals surface area (Å²) >= 11 is 0. The molecule has 0 aromatic carbocycles. The molecule has 1 aliphatic carbocycles. The van der Waals surface area contributed by atoms with Gasteiger partial charge in [0, 0.05) is 12.6 Å². The average Bonchev–Trinajstić information content (AvgIpc) is 2.53. The van der Waals surface area contributed by atoms with Crippen LogP contribution < -0.4 is 10.6 Å². The van der Waals surface area contributed by atoms with Gasteiger partial charge in [-0.3, -0.25) is 4.79 Å². The molecule has 1 aliphatic rings. The molecule has 6 heteroatoms. The Hall–Kier alpha value is -1.30. The highest BCUT2D eigenvalue weighted by Crippen LogP contribution is 2.36. The molecule has 0 aromatic rings. The van der Waals surface area contributed by atoms with Gasteiger partial charge in [0.05, 0.1) is 12.0 Å². The summed E-state index contributed by atoms with van der Waals surface area (Å²) in [5.74, 6) is -1.09. The molecule has 1 saturated carbocycles. The lowest BCUT2D eigenvalue weighted by atomic mass is 9.92. The molecule has 1 fully saturated rings. The van der Waals surface area contributed by atoms with E-state index in [4.69, 9.17) is 5.11 Å². The first kappa shape index (κ1) is 15.8. The van der Waals surface area contributed by atoms with Gasteiger partial charge in [-0.05, 0) is 31.6 Å². The van der Waals surface area contributed by atoms with Crippen LogP contribution in [0.5, 0.6) is 0 Å². The molecule has 0 aliphatic heterocycles. The third-order valence-corrected chi connectivity index (χ3v) is 3.47. The number of hydrogen-bond acceptors (Lipinski definition) is 3. The van der Waals surface area contributed by atoms with Crippen LogP contribution in [0.4, 0.5) is 4.79 Å². The summed E-state index contributed by atoms with van der Waals surface area (Å²) in [7, 11) is 0. The van der Waals surface area contributed by atoms with Crippen LogP contribution in [-0.4, -0.2) is 40.4 Å². The van der Waals surface area contributed by atoms with Gasteiger partial charge in [-0.25, -0.2) is 4.79 Å².